The summed E-state index contributed by atoms with van der Waals surface area (Å²) in [6, 6.07) is 5.78. The minimum absolute atomic E-state index is 0.147. The molecule has 0 radical (unpaired) electrons. The van der Waals surface area contributed by atoms with Crippen LogP contribution in [0.1, 0.15) is 30.9 Å². The topological polar surface area (TPSA) is 113 Å². The van der Waals surface area contributed by atoms with Crippen molar-refractivity contribution in [3.05, 3.63) is 72.7 Å². The zero-order chi connectivity index (χ0) is 24.7. The van der Waals surface area contributed by atoms with Crippen LogP contribution in [0.5, 0.6) is 0 Å². The molecule has 35 heavy (non-hydrogen) atoms. The van der Waals surface area contributed by atoms with Crippen molar-refractivity contribution in [3.8, 4) is 16.8 Å². The first-order valence-corrected chi connectivity index (χ1v) is 10.5. The second-order valence-electron chi connectivity index (χ2n) is 7.66. The predicted molar refractivity (Wildman–Crippen MR) is 118 cm³/mol. The molecule has 0 fully saturated rings. The van der Waals surface area contributed by atoms with E-state index in [-0.39, 0.29) is 11.5 Å². The molecule has 1 atom stereocenters. The van der Waals surface area contributed by atoms with Crippen LogP contribution in [0, 0.1) is 5.82 Å². The summed E-state index contributed by atoms with van der Waals surface area (Å²) in [6.07, 6.45) is 2.65. The van der Waals surface area contributed by atoms with Crippen LogP contribution < -0.4 is 5.73 Å². The van der Waals surface area contributed by atoms with Crippen LogP contribution in [0.15, 0.2) is 55.4 Å². The van der Waals surface area contributed by atoms with Crippen molar-refractivity contribution in [2.24, 2.45) is 0 Å². The maximum absolute atomic E-state index is 14.2. The number of hydrogen-bond donors (Lipinski definition) is 1. The number of anilines is 1. The number of nitrogens with zero attached hydrogens (tertiary/aromatic N) is 8. The van der Waals surface area contributed by atoms with Crippen molar-refractivity contribution >= 4 is 16.9 Å². The molecule has 5 aromatic rings. The number of aromatic nitrogens is 8. The number of alkyl halides is 3. The maximum Gasteiger partial charge on any atom is 0.451 e. The molecule has 9 nitrogen and oxygen atoms in total. The zero-order valence-corrected chi connectivity index (χ0v) is 18.1. The highest BCUT2D eigenvalue weighted by Gasteiger charge is 2.34. The van der Waals surface area contributed by atoms with Crippen molar-refractivity contribution in [1.29, 1.82) is 0 Å². The van der Waals surface area contributed by atoms with Gasteiger partial charge in [0.25, 0.3) is 0 Å². The fourth-order valence-corrected chi connectivity index (χ4v) is 3.91. The van der Waals surface area contributed by atoms with Gasteiger partial charge >= 0.3 is 6.18 Å². The first-order chi connectivity index (χ1) is 16.8. The Hall–Kier alpha value is -4.42. The van der Waals surface area contributed by atoms with Gasteiger partial charge < -0.3 is 10.3 Å². The maximum atomic E-state index is 14.2. The van der Waals surface area contributed by atoms with Gasteiger partial charge in [0.2, 0.25) is 5.82 Å². The quantitative estimate of drug-likeness (QED) is 0.373. The molecule has 1 aromatic carbocycles. The molecular weight excluding hydrogens is 466 g/mol. The second kappa shape index (κ2) is 8.42. The van der Waals surface area contributed by atoms with Crippen LogP contribution in [-0.4, -0.2) is 39.5 Å². The summed E-state index contributed by atoms with van der Waals surface area (Å²) in [7, 11) is 0. The average molecular weight is 483 g/mol. The molecule has 0 spiro atoms. The number of nitrogen functional groups attached to an aromatic ring is 1. The predicted octanol–water partition coefficient (Wildman–Crippen LogP) is 4.21. The Kier molecular flexibility index (Phi) is 5.38. The zero-order valence-electron chi connectivity index (χ0n) is 18.1. The van der Waals surface area contributed by atoms with E-state index in [1.165, 1.54) is 17.1 Å². The van der Waals surface area contributed by atoms with Crippen molar-refractivity contribution in [1.82, 2.24) is 39.5 Å². The van der Waals surface area contributed by atoms with Gasteiger partial charge in [-0.2, -0.15) is 13.2 Å². The summed E-state index contributed by atoms with van der Waals surface area (Å²) in [5.41, 5.74) is 8.12. The summed E-state index contributed by atoms with van der Waals surface area (Å²) >= 11 is 0. The Morgan fingerprint density at radius 2 is 1.77 bits per heavy atom. The third kappa shape index (κ3) is 3.94. The highest BCUT2D eigenvalue weighted by Crippen LogP contribution is 2.36. The summed E-state index contributed by atoms with van der Waals surface area (Å²) in [5.74, 6) is -1.55. The van der Waals surface area contributed by atoms with Gasteiger partial charge in [-0.3, -0.25) is 0 Å². The highest BCUT2D eigenvalue weighted by atomic mass is 19.4. The van der Waals surface area contributed by atoms with E-state index >= 15 is 0 Å². The minimum atomic E-state index is -4.66. The standard InChI is InChI=1S/C22H17F4N9/c1-2-16(15-10-35(33-32-15)17-6-4-3-5-14(17)23)34-9-13(18-19(27)30-11-31-20(18)34)12-7-28-21(29-8-12)22(24,25)26/h3-11,16H,2H2,1H3,(H2,27,30,31). The molecule has 2 N–H and O–H groups in total. The first-order valence-electron chi connectivity index (χ1n) is 10.5. The molecule has 0 aliphatic heterocycles. The Balaban J connectivity index is 1.62. The molecule has 4 heterocycles. The lowest BCUT2D eigenvalue weighted by Crippen LogP contribution is -2.10. The SMILES string of the molecule is CCC(c1cn(-c2ccccc2F)nn1)n1cc(-c2cnc(C(F)(F)F)nc2)c2c(N)ncnc21. The Morgan fingerprint density at radius 1 is 1.03 bits per heavy atom. The van der Waals surface area contributed by atoms with Gasteiger partial charge in [-0.25, -0.2) is 29.0 Å². The minimum Gasteiger partial charge on any atom is -0.383 e. The van der Waals surface area contributed by atoms with Crippen molar-refractivity contribution in [3.63, 3.8) is 0 Å². The molecule has 0 saturated carbocycles. The molecule has 0 aliphatic carbocycles. The van der Waals surface area contributed by atoms with E-state index in [0.717, 1.165) is 12.4 Å². The van der Waals surface area contributed by atoms with Gasteiger partial charge in [-0.05, 0) is 18.6 Å². The van der Waals surface area contributed by atoms with E-state index < -0.39 is 23.9 Å². The fourth-order valence-electron chi connectivity index (χ4n) is 3.91. The van der Waals surface area contributed by atoms with E-state index in [2.05, 4.69) is 30.2 Å². The van der Waals surface area contributed by atoms with E-state index in [1.807, 2.05) is 6.92 Å². The van der Waals surface area contributed by atoms with Crippen molar-refractivity contribution in [2.75, 3.05) is 5.73 Å². The number of nitrogens with two attached hydrogens (primary N) is 1. The number of halogens is 4. The molecule has 5 rings (SSSR count). The lowest BCUT2D eigenvalue weighted by Gasteiger charge is -2.15. The van der Waals surface area contributed by atoms with Gasteiger partial charge in [-0.15, -0.1) is 5.10 Å². The van der Waals surface area contributed by atoms with E-state index in [4.69, 9.17) is 5.73 Å². The fraction of sp³-hybridized carbons (Fsp3) is 0.182. The van der Waals surface area contributed by atoms with Crippen LogP contribution in [0.2, 0.25) is 0 Å². The number of para-hydroxylation sites is 1. The number of fused-ring (bicyclic) bond motifs is 1. The van der Waals surface area contributed by atoms with E-state index in [1.54, 1.807) is 35.2 Å². The molecule has 0 bridgehead atoms. The molecule has 0 amide bonds. The third-order valence-electron chi connectivity index (χ3n) is 5.53. The Labute approximate surface area is 195 Å². The van der Waals surface area contributed by atoms with Crippen LogP contribution in [0.3, 0.4) is 0 Å². The summed E-state index contributed by atoms with van der Waals surface area (Å²) in [5, 5.41) is 8.74. The second-order valence-corrected chi connectivity index (χ2v) is 7.66. The molecule has 13 heteroatoms. The van der Waals surface area contributed by atoms with Crippen molar-refractivity contribution in [2.45, 2.75) is 25.6 Å². The van der Waals surface area contributed by atoms with E-state index in [9.17, 15) is 17.6 Å². The van der Waals surface area contributed by atoms with Gasteiger partial charge in [0.15, 0.2) is 0 Å². The summed E-state index contributed by atoms with van der Waals surface area (Å²) in [6.45, 7) is 1.92. The van der Waals surface area contributed by atoms with Crippen LogP contribution in [0.4, 0.5) is 23.4 Å². The Bertz CT molecular complexity index is 1510. The third-order valence-corrected chi connectivity index (χ3v) is 5.53. The lowest BCUT2D eigenvalue weighted by atomic mass is 10.1. The van der Waals surface area contributed by atoms with E-state index in [0.29, 0.717) is 34.3 Å². The number of hydrogen-bond acceptors (Lipinski definition) is 7. The average Bonchev–Trinajstić information content (AvgIpc) is 3.46. The lowest BCUT2D eigenvalue weighted by molar-refractivity contribution is -0.144. The number of rotatable bonds is 5. The molecular formula is C22H17F4N9. The van der Waals surface area contributed by atoms with Crippen LogP contribution in [-0.2, 0) is 6.18 Å². The molecule has 1 unspecified atom stereocenters. The number of benzene rings is 1. The summed E-state index contributed by atoms with van der Waals surface area (Å²) in [4.78, 5) is 15.3. The van der Waals surface area contributed by atoms with Gasteiger partial charge in [0.1, 0.15) is 35.0 Å². The first kappa shape index (κ1) is 22.4. The van der Waals surface area contributed by atoms with Crippen LogP contribution >= 0.6 is 0 Å². The largest absolute Gasteiger partial charge is 0.451 e. The van der Waals surface area contributed by atoms with Gasteiger partial charge in [0, 0.05) is 29.7 Å². The van der Waals surface area contributed by atoms with Crippen molar-refractivity contribution < 1.29 is 17.6 Å². The monoisotopic (exact) mass is 483 g/mol. The molecule has 0 saturated heterocycles. The molecule has 178 valence electrons. The summed E-state index contributed by atoms with van der Waals surface area (Å²) < 4.78 is 56.1. The highest BCUT2D eigenvalue weighted by molar-refractivity contribution is 6.00. The van der Waals surface area contributed by atoms with Gasteiger partial charge in [0.05, 0.1) is 17.6 Å². The Morgan fingerprint density at radius 3 is 2.46 bits per heavy atom. The smallest absolute Gasteiger partial charge is 0.383 e. The normalized spacial score (nSPS) is 12.8. The van der Waals surface area contributed by atoms with Crippen LogP contribution in [0.25, 0.3) is 27.8 Å². The molecule has 4 aromatic heterocycles. The van der Waals surface area contributed by atoms with Gasteiger partial charge in [-0.1, -0.05) is 24.3 Å². The molecule has 0 aliphatic rings.